The second kappa shape index (κ2) is 10.5. The fourth-order valence-corrected chi connectivity index (χ4v) is 3.10. The van der Waals surface area contributed by atoms with Crippen molar-refractivity contribution >= 4 is 17.8 Å². The van der Waals surface area contributed by atoms with Crippen LogP contribution in [0.15, 0.2) is 24.3 Å². The standard InChI is InChI=1S/C20H28N2O5/c1-3-26-16-10-8-15(9-11-16)20(25)21-12-19(24)27-13-18(23)22-17-7-5-4-6-14(17)2/h8-11,14,17H,3-7,12-13H2,1-2H3,(H,21,25)(H,22,23)/t14-,17+/m1/s1. The summed E-state index contributed by atoms with van der Waals surface area (Å²) in [6, 6.07) is 6.75. The molecule has 1 aliphatic carbocycles. The predicted molar refractivity (Wildman–Crippen MR) is 100 cm³/mol. The van der Waals surface area contributed by atoms with Crippen LogP contribution in [0.2, 0.25) is 0 Å². The third-order valence-electron chi connectivity index (χ3n) is 4.64. The Morgan fingerprint density at radius 3 is 2.48 bits per heavy atom. The van der Waals surface area contributed by atoms with E-state index >= 15 is 0 Å². The van der Waals surface area contributed by atoms with E-state index in [1.54, 1.807) is 24.3 Å². The van der Waals surface area contributed by atoms with Gasteiger partial charge in [0.1, 0.15) is 12.3 Å². The highest BCUT2D eigenvalue weighted by Crippen LogP contribution is 2.23. The molecule has 148 valence electrons. The van der Waals surface area contributed by atoms with Crippen molar-refractivity contribution in [1.29, 1.82) is 0 Å². The molecule has 1 aromatic carbocycles. The van der Waals surface area contributed by atoms with Gasteiger partial charge in [0.2, 0.25) is 0 Å². The van der Waals surface area contributed by atoms with Gasteiger partial charge in [-0.15, -0.1) is 0 Å². The van der Waals surface area contributed by atoms with Crippen molar-refractivity contribution in [2.45, 2.75) is 45.6 Å². The van der Waals surface area contributed by atoms with E-state index in [1.807, 2.05) is 6.92 Å². The van der Waals surface area contributed by atoms with Gasteiger partial charge in [-0.05, 0) is 49.9 Å². The Hall–Kier alpha value is -2.57. The number of hydrogen-bond acceptors (Lipinski definition) is 5. The van der Waals surface area contributed by atoms with E-state index in [4.69, 9.17) is 9.47 Å². The topological polar surface area (TPSA) is 93.7 Å². The summed E-state index contributed by atoms with van der Waals surface area (Å²) in [4.78, 5) is 35.7. The summed E-state index contributed by atoms with van der Waals surface area (Å²) in [5.41, 5.74) is 0.412. The van der Waals surface area contributed by atoms with Crippen molar-refractivity contribution in [2.75, 3.05) is 19.8 Å². The van der Waals surface area contributed by atoms with E-state index < -0.39 is 11.9 Å². The van der Waals surface area contributed by atoms with Crippen LogP contribution in [0.5, 0.6) is 5.75 Å². The Labute approximate surface area is 159 Å². The molecule has 0 aliphatic heterocycles. The zero-order valence-corrected chi connectivity index (χ0v) is 16.0. The molecule has 2 rings (SSSR count). The number of amides is 2. The molecule has 1 fully saturated rings. The van der Waals surface area contributed by atoms with Gasteiger partial charge >= 0.3 is 5.97 Å². The van der Waals surface area contributed by atoms with Gasteiger partial charge < -0.3 is 20.1 Å². The Morgan fingerprint density at radius 1 is 1.11 bits per heavy atom. The molecule has 1 aromatic rings. The van der Waals surface area contributed by atoms with Crippen LogP contribution < -0.4 is 15.4 Å². The Morgan fingerprint density at radius 2 is 1.81 bits per heavy atom. The first-order chi connectivity index (χ1) is 13.0. The second-order valence-electron chi connectivity index (χ2n) is 6.74. The van der Waals surface area contributed by atoms with Crippen molar-refractivity contribution in [3.05, 3.63) is 29.8 Å². The van der Waals surface area contributed by atoms with E-state index in [2.05, 4.69) is 17.6 Å². The molecular formula is C20H28N2O5. The highest BCUT2D eigenvalue weighted by atomic mass is 16.5. The number of ether oxygens (including phenoxy) is 2. The molecule has 27 heavy (non-hydrogen) atoms. The smallest absolute Gasteiger partial charge is 0.325 e. The van der Waals surface area contributed by atoms with Gasteiger partial charge in [-0.2, -0.15) is 0 Å². The zero-order valence-electron chi connectivity index (χ0n) is 16.0. The minimum atomic E-state index is -0.652. The molecule has 7 heteroatoms. The maximum absolute atomic E-state index is 12.0. The van der Waals surface area contributed by atoms with Crippen LogP contribution in [-0.4, -0.2) is 43.6 Å². The second-order valence-corrected chi connectivity index (χ2v) is 6.74. The van der Waals surface area contributed by atoms with E-state index in [1.165, 1.54) is 6.42 Å². The third kappa shape index (κ3) is 6.92. The third-order valence-corrected chi connectivity index (χ3v) is 4.64. The average Bonchev–Trinajstić information content (AvgIpc) is 2.67. The molecule has 2 amide bonds. The largest absolute Gasteiger partial charge is 0.494 e. The molecule has 1 saturated carbocycles. The normalized spacial score (nSPS) is 19.0. The summed E-state index contributed by atoms with van der Waals surface area (Å²) in [5.74, 6) is -0.241. The van der Waals surface area contributed by atoms with Crippen LogP contribution >= 0.6 is 0 Å². The minimum Gasteiger partial charge on any atom is -0.494 e. The maximum Gasteiger partial charge on any atom is 0.325 e. The van der Waals surface area contributed by atoms with Gasteiger partial charge in [0.05, 0.1) is 6.61 Å². The summed E-state index contributed by atoms with van der Waals surface area (Å²) in [5, 5.41) is 5.39. The van der Waals surface area contributed by atoms with E-state index in [9.17, 15) is 14.4 Å². The first-order valence-corrected chi connectivity index (χ1v) is 9.45. The molecule has 1 aliphatic rings. The number of benzene rings is 1. The van der Waals surface area contributed by atoms with Crippen LogP contribution in [0.1, 0.15) is 49.9 Å². The monoisotopic (exact) mass is 376 g/mol. The SMILES string of the molecule is CCOc1ccc(C(=O)NCC(=O)OCC(=O)N[C@H]2CCCC[C@H]2C)cc1. The van der Waals surface area contributed by atoms with Crippen LogP contribution in [0.25, 0.3) is 0 Å². The summed E-state index contributed by atoms with van der Waals surface area (Å²) >= 11 is 0. The highest BCUT2D eigenvalue weighted by molar-refractivity contribution is 5.96. The first kappa shape index (κ1) is 20.7. The van der Waals surface area contributed by atoms with Crippen LogP contribution in [0.4, 0.5) is 0 Å². The Kier molecular flexibility index (Phi) is 8.10. The zero-order chi connectivity index (χ0) is 19.6. The van der Waals surface area contributed by atoms with Gasteiger partial charge in [-0.3, -0.25) is 14.4 Å². The molecule has 0 bridgehead atoms. The highest BCUT2D eigenvalue weighted by Gasteiger charge is 2.23. The number of rotatable bonds is 8. The lowest BCUT2D eigenvalue weighted by molar-refractivity contribution is -0.147. The van der Waals surface area contributed by atoms with Gasteiger partial charge in [0.25, 0.3) is 11.8 Å². The Bertz CT molecular complexity index is 644. The molecule has 0 heterocycles. The quantitative estimate of drug-likeness (QED) is 0.678. The molecule has 0 radical (unpaired) electrons. The summed E-state index contributed by atoms with van der Waals surface area (Å²) in [7, 11) is 0. The van der Waals surface area contributed by atoms with Crippen molar-refractivity contribution < 1.29 is 23.9 Å². The molecule has 0 unspecified atom stereocenters. The predicted octanol–water partition coefficient (Wildman–Crippen LogP) is 2.05. The van der Waals surface area contributed by atoms with E-state index in [0.717, 1.165) is 19.3 Å². The summed E-state index contributed by atoms with van der Waals surface area (Å²) in [6.45, 7) is 3.92. The fraction of sp³-hybridized carbons (Fsp3) is 0.550. The van der Waals surface area contributed by atoms with Gasteiger partial charge in [0.15, 0.2) is 6.61 Å². The lowest BCUT2D eigenvalue weighted by Crippen LogP contribution is -2.43. The number of hydrogen-bond donors (Lipinski definition) is 2. The fourth-order valence-electron chi connectivity index (χ4n) is 3.10. The van der Waals surface area contributed by atoms with Gasteiger partial charge in [-0.1, -0.05) is 19.8 Å². The molecule has 7 nitrogen and oxygen atoms in total. The maximum atomic E-state index is 12.0. The molecule has 0 saturated heterocycles. The van der Waals surface area contributed by atoms with Crippen LogP contribution in [0.3, 0.4) is 0 Å². The van der Waals surface area contributed by atoms with Gasteiger partial charge in [0, 0.05) is 11.6 Å². The summed E-state index contributed by atoms with van der Waals surface area (Å²) < 4.78 is 10.2. The number of esters is 1. The number of nitrogens with one attached hydrogen (secondary N) is 2. The van der Waals surface area contributed by atoms with E-state index in [-0.39, 0.29) is 25.1 Å². The lowest BCUT2D eigenvalue weighted by Gasteiger charge is -2.29. The van der Waals surface area contributed by atoms with E-state index in [0.29, 0.717) is 23.8 Å². The van der Waals surface area contributed by atoms with Crippen molar-refractivity contribution in [3.63, 3.8) is 0 Å². The van der Waals surface area contributed by atoms with Crippen molar-refractivity contribution in [2.24, 2.45) is 5.92 Å². The minimum absolute atomic E-state index is 0.143. The van der Waals surface area contributed by atoms with Crippen LogP contribution in [-0.2, 0) is 14.3 Å². The van der Waals surface area contributed by atoms with Crippen LogP contribution in [0, 0.1) is 5.92 Å². The Balaban J connectivity index is 1.67. The molecular weight excluding hydrogens is 348 g/mol. The number of carbonyl (C=O) groups excluding carboxylic acids is 3. The first-order valence-electron chi connectivity index (χ1n) is 9.45. The summed E-state index contributed by atoms with van der Waals surface area (Å²) in [6.07, 6.45) is 4.35. The number of carbonyl (C=O) groups is 3. The molecule has 2 atom stereocenters. The average molecular weight is 376 g/mol. The molecule has 0 aromatic heterocycles. The van der Waals surface area contributed by atoms with Crippen molar-refractivity contribution in [3.8, 4) is 5.75 Å². The molecule has 0 spiro atoms. The molecule has 2 N–H and O–H groups in total. The van der Waals surface area contributed by atoms with Crippen molar-refractivity contribution in [1.82, 2.24) is 10.6 Å². The van der Waals surface area contributed by atoms with Gasteiger partial charge in [-0.25, -0.2) is 0 Å². The lowest BCUT2D eigenvalue weighted by atomic mass is 9.86.